The van der Waals surface area contributed by atoms with Crippen molar-refractivity contribution in [1.82, 2.24) is 10.3 Å². The number of amides is 1. The van der Waals surface area contributed by atoms with Crippen LogP contribution in [0.2, 0.25) is 0 Å². The number of hydrogen-bond acceptors (Lipinski definition) is 4. The summed E-state index contributed by atoms with van der Waals surface area (Å²) in [7, 11) is 0. The molecule has 1 aliphatic rings. The van der Waals surface area contributed by atoms with Crippen molar-refractivity contribution in [3.05, 3.63) is 57.5 Å². The number of nitrogens with one attached hydrogen (secondary N) is 2. The summed E-state index contributed by atoms with van der Waals surface area (Å²) in [5.41, 5.74) is 1.99. The molecular formula is C18H20N2O4. The SMILES string of the molecule is Cc1cc(C)c(CNC(=O)[C@@H]2Oc3ccccc3O[C@@H]2C)c(=O)[nH]1. The van der Waals surface area contributed by atoms with E-state index in [1.807, 2.05) is 32.0 Å². The van der Waals surface area contributed by atoms with Crippen LogP contribution in [-0.2, 0) is 11.3 Å². The quantitative estimate of drug-likeness (QED) is 0.901. The van der Waals surface area contributed by atoms with Gasteiger partial charge in [0.1, 0.15) is 6.10 Å². The van der Waals surface area contributed by atoms with Gasteiger partial charge in [-0.1, -0.05) is 12.1 Å². The minimum Gasteiger partial charge on any atom is -0.482 e. The fraction of sp³-hybridized carbons (Fsp3) is 0.333. The topological polar surface area (TPSA) is 80.4 Å². The summed E-state index contributed by atoms with van der Waals surface area (Å²) in [6, 6.07) is 9.11. The van der Waals surface area contributed by atoms with Crippen molar-refractivity contribution in [2.24, 2.45) is 0 Å². The zero-order valence-electron chi connectivity index (χ0n) is 13.9. The molecule has 1 aromatic heterocycles. The van der Waals surface area contributed by atoms with Gasteiger partial charge in [0.25, 0.3) is 11.5 Å². The van der Waals surface area contributed by atoms with Gasteiger partial charge in [0.15, 0.2) is 11.5 Å². The third-order valence-corrected chi connectivity index (χ3v) is 4.03. The Kier molecular flexibility index (Phi) is 4.29. The Morgan fingerprint density at radius 2 is 1.88 bits per heavy atom. The van der Waals surface area contributed by atoms with Gasteiger partial charge < -0.3 is 19.8 Å². The zero-order chi connectivity index (χ0) is 17.3. The second kappa shape index (κ2) is 6.39. The highest BCUT2D eigenvalue weighted by molar-refractivity contribution is 5.82. The maximum Gasteiger partial charge on any atom is 0.265 e. The number of carbonyl (C=O) groups excluding carboxylic acids is 1. The van der Waals surface area contributed by atoms with Crippen LogP contribution in [0.4, 0.5) is 0 Å². The molecule has 1 amide bonds. The molecule has 2 aromatic rings. The number of aromatic nitrogens is 1. The molecule has 2 atom stereocenters. The molecule has 2 heterocycles. The first-order chi connectivity index (χ1) is 11.5. The van der Waals surface area contributed by atoms with E-state index in [1.165, 1.54) is 0 Å². The summed E-state index contributed by atoms with van der Waals surface area (Å²) >= 11 is 0. The maximum absolute atomic E-state index is 12.5. The summed E-state index contributed by atoms with van der Waals surface area (Å²) in [6.45, 7) is 5.60. The first-order valence-electron chi connectivity index (χ1n) is 7.85. The van der Waals surface area contributed by atoms with Crippen molar-refractivity contribution in [2.75, 3.05) is 0 Å². The van der Waals surface area contributed by atoms with E-state index in [1.54, 1.807) is 19.1 Å². The van der Waals surface area contributed by atoms with E-state index in [-0.39, 0.29) is 18.0 Å². The van der Waals surface area contributed by atoms with Crippen LogP contribution < -0.4 is 20.3 Å². The van der Waals surface area contributed by atoms with Crippen LogP contribution in [0.3, 0.4) is 0 Å². The largest absolute Gasteiger partial charge is 0.482 e. The van der Waals surface area contributed by atoms with E-state index in [2.05, 4.69) is 10.3 Å². The molecule has 0 saturated heterocycles. The Labute approximate surface area is 139 Å². The summed E-state index contributed by atoms with van der Waals surface area (Å²) in [6.07, 6.45) is -1.18. The number of pyridine rings is 1. The third-order valence-electron chi connectivity index (χ3n) is 4.03. The van der Waals surface area contributed by atoms with E-state index >= 15 is 0 Å². The number of aryl methyl sites for hydroxylation is 2. The number of H-pyrrole nitrogens is 1. The number of hydrogen-bond donors (Lipinski definition) is 2. The van der Waals surface area contributed by atoms with Gasteiger partial charge in [-0.15, -0.1) is 0 Å². The van der Waals surface area contributed by atoms with Gasteiger partial charge in [-0.25, -0.2) is 0 Å². The van der Waals surface area contributed by atoms with Gasteiger partial charge in [-0.05, 0) is 44.5 Å². The molecule has 0 aliphatic carbocycles. The van der Waals surface area contributed by atoms with Gasteiger partial charge in [0.2, 0.25) is 6.10 Å². The monoisotopic (exact) mass is 328 g/mol. The lowest BCUT2D eigenvalue weighted by Crippen LogP contribution is -2.49. The van der Waals surface area contributed by atoms with Crippen LogP contribution in [0.15, 0.2) is 35.1 Å². The van der Waals surface area contributed by atoms with Crippen LogP contribution >= 0.6 is 0 Å². The van der Waals surface area contributed by atoms with Crippen molar-refractivity contribution in [1.29, 1.82) is 0 Å². The molecule has 126 valence electrons. The minimum atomic E-state index is -0.760. The normalized spacial score (nSPS) is 19.0. The molecule has 0 bridgehead atoms. The number of benzene rings is 1. The number of rotatable bonds is 3. The minimum absolute atomic E-state index is 0.147. The molecule has 0 radical (unpaired) electrons. The highest BCUT2D eigenvalue weighted by Crippen LogP contribution is 2.33. The molecule has 0 saturated carbocycles. The Bertz CT molecular complexity index is 828. The lowest BCUT2D eigenvalue weighted by atomic mass is 10.1. The molecule has 0 fully saturated rings. The predicted octanol–water partition coefficient (Wildman–Crippen LogP) is 1.84. The smallest absolute Gasteiger partial charge is 0.265 e. The zero-order valence-corrected chi connectivity index (χ0v) is 13.9. The van der Waals surface area contributed by atoms with Gasteiger partial charge in [0.05, 0.1) is 0 Å². The number of carbonyl (C=O) groups is 1. The number of para-hydroxylation sites is 2. The highest BCUT2D eigenvalue weighted by atomic mass is 16.6. The van der Waals surface area contributed by atoms with Crippen molar-refractivity contribution in [3.63, 3.8) is 0 Å². The molecule has 6 heteroatoms. The average molecular weight is 328 g/mol. The first-order valence-corrected chi connectivity index (χ1v) is 7.85. The van der Waals surface area contributed by atoms with Gasteiger partial charge in [-0.2, -0.15) is 0 Å². The third kappa shape index (κ3) is 3.13. The van der Waals surface area contributed by atoms with E-state index in [9.17, 15) is 9.59 Å². The Hall–Kier alpha value is -2.76. The van der Waals surface area contributed by atoms with Gasteiger partial charge >= 0.3 is 0 Å². The molecule has 0 spiro atoms. The first kappa shape index (κ1) is 16.1. The summed E-state index contributed by atoms with van der Waals surface area (Å²) in [5, 5.41) is 2.77. The molecule has 1 aromatic carbocycles. The molecule has 3 rings (SSSR count). The molecule has 0 unspecified atom stereocenters. The number of aromatic amines is 1. The Morgan fingerprint density at radius 3 is 2.54 bits per heavy atom. The van der Waals surface area contributed by atoms with E-state index in [4.69, 9.17) is 9.47 Å². The fourth-order valence-corrected chi connectivity index (χ4v) is 2.78. The second-order valence-corrected chi connectivity index (χ2v) is 5.97. The van der Waals surface area contributed by atoms with E-state index in [0.29, 0.717) is 17.1 Å². The summed E-state index contributed by atoms with van der Waals surface area (Å²) < 4.78 is 11.5. The van der Waals surface area contributed by atoms with Crippen LogP contribution in [-0.4, -0.2) is 23.1 Å². The lowest BCUT2D eigenvalue weighted by molar-refractivity contribution is -0.133. The average Bonchev–Trinajstić information content (AvgIpc) is 2.53. The van der Waals surface area contributed by atoms with E-state index in [0.717, 1.165) is 11.3 Å². The van der Waals surface area contributed by atoms with Crippen molar-refractivity contribution >= 4 is 5.91 Å². The van der Waals surface area contributed by atoms with E-state index < -0.39 is 12.2 Å². The Morgan fingerprint density at radius 1 is 1.21 bits per heavy atom. The summed E-state index contributed by atoms with van der Waals surface area (Å²) in [5.74, 6) is 0.858. The second-order valence-electron chi connectivity index (χ2n) is 5.97. The van der Waals surface area contributed by atoms with Crippen LogP contribution in [0.1, 0.15) is 23.7 Å². The lowest BCUT2D eigenvalue weighted by Gasteiger charge is -2.31. The van der Waals surface area contributed by atoms with Gasteiger partial charge in [-0.3, -0.25) is 9.59 Å². The molecular weight excluding hydrogens is 308 g/mol. The Balaban J connectivity index is 1.71. The number of fused-ring (bicyclic) bond motifs is 1. The molecule has 2 N–H and O–H groups in total. The molecule has 1 aliphatic heterocycles. The maximum atomic E-state index is 12.5. The van der Waals surface area contributed by atoms with Crippen LogP contribution in [0.25, 0.3) is 0 Å². The van der Waals surface area contributed by atoms with Gasteiger partial charge in [0, 0.05) is 17.8 Å². The highest BCUT2D eigenvalue weighted by Gasteiger charge is 2.33. The standard InChI is InChI=1S/C18H20N2O4/c1-10-8-11(2)20-17(21)13(10)9-19-18(22)16-12(3)23-14-6-4-5-7-15(14)24-16/h4-8,12,16H,9H2,1-3H3,(H,19,22)(H,20,21)/t12-,16-/m1/s1. The molecule has 24 heavy (non-hydrogen) atoms. The summed E-state index contributed by atoms with van der Waals surface area (Å²) in [4.78, 5) is 27.2. The number of ether oxygens (including phenoxy) is 2. The van der Waals surface area contributed by atoms with Crippen molar-refractivity contribution < 1.29 is 14.3 Å². The predicted molar refractivity (Wildman–Crippen MR) is 89.3 cm³/mol. The van der Waals surface area contributed by atoms with Crippen molar-refractivity contribution in [2.45, 2.75) is 39.5 Å². The van der Waals surface area contributed by atoms with Crippen LogP contribution in [0.5, 0.6) is 11.5 Å². The van der Waals surface area contributed by atoms with Crippen LogP contribution in [0, 0.1) is 13.8 Å². The molecule has 6 nitrogen and oxygen atoms in total. The van der Waals surface area contributed by atoms with Crippen molar-refractivity contribution in [3.8, 4) is 11.5 Å². The fourth-order valence-electron chi connectivity index (χ4n) is 2.78.